The van der Waals surface area contributed by atoms with Crippen molar-refractivity contribution in [2.24, 2.45) is 0 Å². The Labute approximate surface area is 144 Å². The predicted octanol–water partition coefficient (Wildman–Crippen LogP) is 1.46. The van der Waals surface area contributed by atoms with Gasteiger partial charge in [-0.25, -0.2) is 8.42 Å². The van der Waals surface area contributed by atoms with Crippen LogP contribution in [0.15, 0.2) is 23.1 Å². The van der Waals surface area contributed by atoms with Gasteiger partial charge < -0.3 is 10.2 Å². The molecule has 2 rings (SSSR count). The second kappa shape index (κ2) is 6.82. The molecule has 0 aliphatic carbocycles. The summed E-state index contributed by atoms with van der Waals surface area (Å²) < 4.78 is 27.2. The van der Waals surface area contributed by atoms with Crippen LogP contribution in [0.4, 0.5) is 0 Å². The van der Waals surface area contributed by atoms with Gasteiger partial charge in [0.15, 0.2) is 0 Å². The van der Waals surface area contributed by atoms with E-state index in [9.17, 15) is 13.2 Å². The van der Waals surface area contributed by atoms with Gasteiger partial charge in [-0.3, -0.25) is 4.79 Å². The van der Waals surface area contributed by atoms with E-state index in [1.807, 2.05) is 34.7 Å². The Bertz CT molecular complexity index is 715. The number of piperazine rings is 1. The lowest BCUT2D eigenvalue weighted by Crippen LogP contribution is -2.47. The number of amides is 1. The Morgan fingerprint density at radius 2 is 1.71 bits per heavy atom. The number of rotatable bonds is 3. The van der Waals surface area contributed by atoms with Crippen molar-refractivity contribution < 1.29 is 13.2 Å². The maximum Gasteiger partial charge on any atom is 0.251 e. The molecular formula is C17H27N3O3S. The normalized spacial score (nSPS) is 17.7. The molecule has 0 unspecified atom stereocenters. The summed E-state index contributed by atoms with van der Waals surface area (Å²) >= 11 is 0. The molecule has 1 fully saturated rings. The molecule has 0 radical (unpaired) electrons. The van der Waals surface area contributed by atoms with Crippen LogP contribution in [0.2, 0.25) is 0 Å². The van der Waals surface area contributed by atoms with Crippen LogP contribution in [0, 0.1) is 6.92 Å². The molecular weight excluding hydrogens is 326 g/mol. The highest BCUT2D eigenvalue weighted by Crippen LogP contribution is 2.21. The van der Waals surface area contributed by atoms with Crippen LogP contribution in [0.3, 0.4) is 0 Å². The van der Waals surface area contributed by atoms with E-state index < -0.39 is 10.0 Å². The predicted molar refractivity (Wildman–Crippen MR) is 94.7 cm³/mol. The largest absolute Gasteiger partial charge is 0.347 e. The van der Waals surface area contributed by atoms with Crippen LogP contribution in [0.25, 0.3) is 0 Å². The van der Waals surface area contributed by atoms with Gasteiger partial charge in [0.05, 0.1) is 4.90 Å². The minimum Gasteiger partial charge on any atom is -0.347 e. The number of carbonyl (C=O) groups is 1. The molecule has 1 saturated heterocycles. The maximum absolute atomic E-state index is 12.8. The van der Waals surface area contributed by atoms with Gasteiger partial charge in [-0.15, -0.1) is 0 Å². The molecule has 6 nitrogen and oxygen atoms in total. The van der Waals surface area contributed by atoms with Crippen LogP contribution in [-0.4, -0.2) is 62.3 Å². The summed E-state index contributed by atoms with van der Waals surface area (Å²) in [4.78, 5) is 14.7. The van der Waals surface area contributed by atoms with Crippen molar-refractivity contribution in [3.05, 3.63) is 29.3 Å². The number of hydrogen-bond donors (Lipinski definition) is 1. The van der Waals surface area contributed by atoms with Gasteiger partial charge >= 0.3 is 0 Å². The molecule has 7 heteroatoms. The maximum atomic E-state index is 12.8. The van der Waals surface area contributed by atoms with Crippen LogP contribution >= 0.6 is 0 Å². The molecule has 1 N–H and O–H groups in total. The fourth-order valence-electron chi connectivity index (χ4n) is 2.59. The monoisotopic (exact) mass is 353 g/mol. The van der Waals surface area contributed by atoms with E-state index in [2.05, 4.69) is 10.2 Å². The number of likely N-dealkylation sites (N-methyl/N-ethyl adjacent to an activating group) is 1. The molecule has 1 heterocycles. The molecule has 0 aromatic heterocycles. The smallest absolute Gasteiger partial charge is 0.251 e. The Morgan fingerprint density at radius 3 is 2.25 bits per heavy atom. The third kappa shape index (κ3) is 4.34. The fourth-order valence-corrected chi connectivity index (χ4v) is 4.04. The number of nitrogens with zero attached hydrogens (tertiary/aromatic N) is 2. The summed E-state index contributed by atoms with van der Waals surface area (Å²) in [6, 6.07) is 4.77. The Hall–Kier alpha value is -1.44. The van der Waals surface area contributed by atoms with Crippen LogP contribution in [0.5, 0.6) is 0 Å². The SMILES string of the molecule is Cc1ccc(S(=O)(=O)N2CCN(C)CC2)cc1C(=O)NC(C)(C)C. The van der Waals surface area contributed by atoms with Crippen molar-refractivity contribution in [3.8, 4) is 0 Å². The number of sulfonamides is 1. The van der Waals surface area contributed by atoms with Gasteiger partial charge in [0.25, 0.3) is 5.91 Å². The van der Waals surface area contributed by atoms with Crippen LogP contribution in [-0.2, 0) is 10.0 Å². The Kier molecular flexibility index (Phi) is 5.37. The van der Waals surface area contributed by atoms with E-state index in [-0.39, 0.29) is 16.3 Å². The third-order valence-corrected chi connectivity index (χ3v) is 5.94. The molecule has 1 amide bonds. The van der Waals surface area contributed by atoms with E-state index in [0.29, 0.717) is 31.7 Å². The quantitative estimate of drug-likeness (QED) is 0.893. The van der Waals surface area contributed by atoms with Crippen molar-refractivity contribution in [2.45, 2.75) is 38.1 Å². The van der Waals surface area contributed by atoms with Crippen molar-refractivity contribution in [3.63, 3.8) is 0 Å². The standard InChI is InChI=1S/C17H27N3O3S/c1-13-6-7-14(12-15(13)16(21)18-17(2,3)4)24(22,23)20-10-8-19(5)9-11-20/h6-7,12H,8-11H2,1-5H3,(H,18,21). The molecule has 0 saturated carbocycles. The van der Waals surface area contributed by atoms with E-state index in [1.165, 1.54) is 10.4 Å². The molecule has 0 bridgehead atoms. The lowest BCUT2D eigenvalue weighted by atomic mass is 10.0. The van der Waals surface area contributed by atoms with E-state index in [1.54, 1.807) is 12.1 Å². The summed E-state index contributed by atoms with van der Waals surface area (Å²) in [6.45, 7) is 9.85. The van der Waals surface area contributed by atoms with Gasteiger partial charge in [-0.2, -0.15) is 4.31 Å². The summed E-state index contributed by atoms with van der Waals surface area (Å²) in [5.74, 6) is -0.254. The van der Waals surface area contributed by atoms with E-state index in [0.717, 1.165) is 5.56 Å². The Morgan fingerprint density at radius 1 is 1.12 bits per heavy atom. The lowest BCUT2D eigenvalue weighted by Gasteiger charge is -2.31. The van der Waals surface area contributed by atoms with Gasteiger partial charge in [-0.05, 0) is 52.4 Å². The molecule has 1 aromatic carbocycles. The van der Waals surface area contributed by atoms with Crippen LogP contribution in [0.1, 0.15) is 36.7 Å². The Balaban J connectivity index is 2.31. The van der Waals surface area contributed by atoms with Crippen molar-refractivity contribution in [2.75, 3.05) is 33.2 Å². The first-order valence-corrected chi connectivity index (χ1v) is 9.56. The van der Waals surface area contributed by atoms with Crippen molar-refractivity contribution in [1.29, 1.82) is 0 Å². The minimum absolute atomic E-state index is 0.178. The van der Waals surface area contributed by atoms with Gasteiger partial charge in [0.1, 0.15) is 0 Å². The molecule has 1 aliphatic rings. The van der Waals surface area contributed by atoms with Crippen LogP contribution < -0.4 is 5.32 Å². The first-order valence-electron chi connectivity index (χ1n) is 8.12. The zero-order chi connectivity index (χ0) is 18.1. The summed E-state index contributed by atoms with van der Waals surface area (Å²) in [5, 5.41) is 2.89. The molecule has 1 aromatic rings. The summed E-state index contributed by atoms with van der Waals surface area (Å²) in [6.07, 6.45) is 0. The zero-order valence-electron chi connectivity index (χ0n) is 15.1. The highest BCUT2D eigenvalue weighted by Gasteiger charge is 2.28. The first-order chi connectivity index (χ1) is 11.0. The third-order valence-electron chi connectivity index (χ3n) is 4.04. The number of nitrogens with one attached hydrogen (secondary N) is 1. The second-order valence-corrected chi connectivity index (χ2v) is 9.33. The number of hydrogen-bond acceptors (Lipinski definition) is 4. The number of aryl methyl sites for hydroxylation is 1. The van der Waals surface area contributed by atoms with Gasteiger partial charge in [0.2, 0.25) is 10.0 Å². The second-order valence-electron chi connectivity index (χ2n) is 7.39. The number of benzene rings is 1. The summed E-state index contributed by atoms with van der Waals surface area (Å²) in [5.41, 5.74) is 0.782. The van der Waals surface area contributed by atoms with Crippen molar-refractivity contribution in [1.82, 2.24) is 14.5 Å². The average molecular weight is 353 g/mol. The van der Waals surface area contributed by atoms with Crippen molar-refractivity contribution >= 4 is 15.9 Å². The molecule has 134 valence electrons. The van der Waals surface area contributed by atoms with Gasteiger partial charge in [-0.1, -0.05) is 6.07 Å². The minimum atomic E-state index is -3.58. The highest BCUT2D eigenvalue weighted by atomic mass is 32.2. The van der Waals surface area contributed by atoms with E-state index >= 15 is 0 Å². The van der Waals surface area contributed by atoms with E-state index in [4.69, 9.17) is 0 Å². The zero-order valence-corrected chi connectivity index (χ0v) is 15.9. The van der Waals surface area contributed by atoms with Gasteiger partial charge in [0, 0.05) is 37.3 Å². The lowest BCUT2D eigenvalue weighted by molar-refractivity contribution is 0.0918. The molecule has 1 aliphatic heterocycles. The molecule has 0 atom stereocenters. The fraction of sp³-hybridized carbons (Fsp3) is 0.588. The number of carbonyl (C=O) groups excluding carboxylic acids is 1. The highest BCUT2D eigenvalue weighted by molar-refractivity contribution is 7.89. The molecule has 24 heavy (non-hydrogen) atoms. The summed E-state index contributed by atoms with van der Waals surface area (Å²) in [7, 11) is -1.60. The average Bonchev–Trinajstić information content (AvgIpc) is 2.46. The first kappa shape index (κ1) is 18.9. The molecule has 0 spiro atoms. The topological polar surface area (TPSA) is 69.7 Å².